The van der Waals surface area contributed by atoms with Crippen molar-refractivity contribution in [2.24, 2.45) is 0 Å². The molecule has 0 N–H and O–H groups in total. The van der Waals surface area contributed by atoms with Gasteiger partial charge in [-0.3, -0.25) is 0 Å². The highest BCUT2D eigenvalue weighted by Crippen LogP contribution is 2.25. The lowest BCUT2D eigenvalue weighted by molar-refractivity contribution is -0.00260. The van der Waals surface area contributed by atoms with Gasteiger partial charge in [0, 0.05) is 18.1 Å². The molecule has 0 aliphatic carbocycles. The fraction of sp³-hybridized carbons (Fsp3) is 0.368. The molecule has 1 saturated heterocycles. The predicted molar refractivity (Wildman–Crippen MR) is 100 cm³/mol. The quantitative estimate of drug-likeness (QED) is 0.793. The lowest BCUT2D eigenvalue weighted by atomic mass is 10.1. The predicted octanol–water partition coefficient (Wildman–Crippen LogP) is 3.81. The highest BCUT2D eigenvalue weighted by atomic mass is 35.5. The summed E-state index contributed by atoms with van der Waals surface area (Å²) < 4.78 is 32.8. The van der Waals surface area contributed by atoms with Crippen LogP contribution in [0.3, 0.4) is 0 Å². The fourth-order valence-electron chi connectivity index (χ4n) is 2.93. The maximum absolute atomic E-state index is 12.8. The molecule has 2 aromatic rings. The molecule has 0 radical (unpaired) electrons. The number of sulfonamides is 1. The molecule has 0 amide bonds. The van der Waals surface area contributed by atoms with Gasteiger partial charge in [-0.2, -0.15) is 4.31 Å². The minimum Gasteiger partial charge on any atom is -0.371 e. The van der Waals surface area contributed by atoms with Crippen molar-refractivity contribution in [2.45, 2.75) is 25.2 Å². The van der Waals surface area contributed by atoms with Gasteiger partial charge < -0.3 is 4.74 Å². The van der Waals surface area contributed by atoms with Crippen LogP contribution in [0.5, 0.6) is 0 Å². The normalized spacial score (nSPS) is 19.0. The number of hydrogen-bond donors (Lipinski definition) is 0. The maximum atomic E-state index is 12.8. The number of halogens is 1. The molecule has 0 bridgehead atoms. The molecule has 4 nitrogen and oxygen atoms in total. The van der Waals surface area contributed by atoms with E-state index in [4.69, 9.17) is 16.3 Å². The number of ether oxygens (including phenoxy) is 1. The van der Waals surface area contributed by atoms with Crippen LogP contribution in [-0.4, -0.2) is 32.4 Å². The molecule has 1 atom stereocenters. The highest BCUT2D eigenvalue weighted by molar-refractivity contribution is 7.88. The molecule has 0 aromatic heterocycles. The molecule has 2 aromatic carbocycles. The van der Waals surface area contributed by atoms with E-state index < -0.39 is 10.0 Å². The summed E-state index contributed by atoms with van der Waals surface area (Å²) in [6.45, 7) is 3.25. The molecule has 3 rings (SSSR count). The van der Waals surface area contributed by atoms with Crippen molar-refractivity contribution < 1.29 is 13.2 Å². The van der Waals surface area contributed by atoms with Crippen molar-refractivity contribution in [3.05, 3.63) is 70.2 Å². The van der Waals surface area contributed by atoms with E-state index in [9.17, 15) is 8.42 Å². The van der Waals surface area contributed by atoms with Gasteiger partial charge in [-0.15, -0.1) is 0 Å². The van der Waals surface area contributed by atoms with Crippen molar-refractivity contribution >= 4 is 21.6 Å². The van der Waals surface area contributed by atoms with Crippen molar-refractivity contribution in [1.29, 1.82) is 0 Å². The van der Waals surface area contributed by atoms with Crippen LogP contribution in [0.2, 0.25) is 5.02 Å². The maximum Gasteiger partial charge on any atom is 0.218 e. The van der Waals surface area contributed by atoms with Crippen LogP contribution in [-0.2, 0) is 26.9 Å². The van der Waals surface area contributed by atoms with Gasteiger partial charge in [0.15, 0.2) is 0 Å². The van der Waals surface area contributed by atoms with E-state index in [1.807, 2.05) is 12.1 Å². The topological polar surface area (TPSA) is 46.6 Å². The first-order chi connectivity index (χ1) is 12.0. The van der Waals surface area contributed by atoms with E-state index in [-0.39, 0.29) is 11.9 Å². The third kappa shape index (κ3) is 4.61. The molecule has 0 spiro atoms. The van der Waals surface area contributed by atoms with Crippen LogP contribution in [0.1, 0.15) is 29.7 Å². The second kappa shape index (κ2) is 7.87. The summed E-state index contributed by atoms with van der Waals surface area (Å²) in [5.74, 6) is -0.0222. The Balaban J connectivity index is 1.71. The number of nitrogens with zero attached hydrogens (tertiary/aromatic N) is 1. The molecule has 1 aliphatic rings. The Morgan fingerprint density at radius 3 is 2.36 bits per heavy atom. The monoisotopic (exact) mass is 379 g/mol. The number of morpholine rings is 1. The van der Waals surface area contributed by atoms with Gasteiger partial charge in [0.05, 0.1) is 18.5 Å². The van der Waals surface area contributed by atoms with Gasteiger partial charge in [0.1, 0.15) is 0 Å². The first kappa shape index (κ1) is 18.4. The van der Waals surface area contributed by atoms with E-state index in [2.05, 4.69) is 19.1 Å². The number of benzene rings is 2. The third-order valence-electron chi connectivity index (χ3n) is 4.44. The Hall–Kier alpha value is -1.40. The Labute approximate surface area is 154 Å². The number of rotatable bonds is 5. The largest absolute Gasteiger partial charge is 0.371 e. The summed E-state index contributed by atoms with van der Waals surface area (Å²) in [6, 6.07) is 15.1. The molecule has 25 heavy (non-hydrogen) atoms. The minimum atomic E-state index is -3.39. The second-order valence-corrected chi connectivity index (χ2v) is 8.60. The van der Waals surface area contributed by atoms with E-state index in [1.54, 1.807) is 24.3 Å². The van der Waals surface area contributed by atoms with Crippen molar-refractivity contribution in [2.75, 3.05) is 19.7 Å². The fourth-order valence-corrected chi connectivity index (χ4v) is 4.57. The van der Waals surface area contributed by atoms with Gasteiger partial charge in [-0.05, 0) is 35.2 Å². The summed E-state index contributed by atoms with van der Waals surface area (Å²) in [6.07, 6.45) is 0.757. The summed E-state index contributed by atoms with van der Waals surface area (Å²) in [5.41, 5.74) is 3.01. The Bertz CT molecular complexity index is 804. The lowest BCUT2D eigenvalue weighted by Gasteiger charge is -2.32. The Morgan fingerprint density at radius 1 is 1.08 bits per heavy atom. The molecule has 134 valence electrons. The lowest BCUT2D eigenvalue weighted by Crippen LogP contribution is -2.42. The van der Waals surface area contributed by atoms with Crippen molar-refractivity contribution in [1.82, 2.24) is 4.31 Å². The van der Waals surface area contributed by atoms with E-state index in [1.165, 1.54) is 9.87 Å². The van der Waals surface area contributed by atoms with Gasteiger partial charge in [0.2, 0.25) is 10.0 Å². The second-order valence-electron chi connectivity index (χ2n) is 6.20. The van der Waals surface area contributed by atoms with Crippen LogP contribution in [0.4, 0.5) is 0 Å². The molecule has 6 heteroatoms. The molecule has 1 unspecified atom stereocenters. The van der Waals surface area contributed by atoms with Gasteiger partial charge in [-0.1, -0.05) is 54.9 Å². The van der Waals surface area contributed by atoms with E-state index >= 15 is 0 Å². The van der Waals surface area contributed by atoms with Crippen LogP contribution in [0, 0.1) is 0 Å². The minimum absolute atomic E-state index is 0.0222. The van der Waals surface area contributed by atoms with E-state index in [0.717, 1.165) is 17.5 Å². The van der Waals surface area contributed by atoms with Gasteiger partial charge >= 0.3 is 0 Å². The first-order valence-electron chi connectivity index (χ1n) is 8.40. The standard InChI is InChI=1S/C19H22ClNO3S/c1-2-15-3-7-17(8-4-15)19-13-21(11-12-24-19)25(22,23)14-16-5-9-18(20)10-6-16/h3-10,19H,2,11-14H2,1H3. The SMILES string of the molecule is CCc1ccc(C2CN(S(=O)(=O)Cc3ccc(Cl)cc3)CCO2)cc1. The molecule has 1 aliphatic heterocycles. The van der Waals surface area contributed by atoms with Crippen LogP contribution >= 0.6 is 11.6 Å². The molecular weight excluding hydrogens is 358 g/mol. The van der Waals surface area contributed by atoms with Crippen LogP contribution in [0.15, 0.2) is 48.5 Å². The first-order valence-corrected chi connectivity index (χ1v) is 10.4. The van der Waals surface area contributed by atoms with Gasteiger partial charge in [-0.25, -0.2) is 8.42 Å². The molecule has 1 fully saturated rings. The summed E-state index contributed by atoms with van der Waals surface area (Å²) in [5, 5.41) is 0.600. The Morgan fingerprint density at radius 2 is 1.72 bits per heavy atom. The Kier molecular flexibility index (Phi) is 5.79. The summed E-state index contributed by atoms with van der Waals surface area (Å²) >= 11 is 5.86. The van der Waals surface area contributed by atoms with Crippen LogP contribution < -0.4 is 0 Å². The zero-order valence-electron chi connectivity index (χ0n) is 14.2. The van der Waals surface area contributed by atoms with Gasteiger partial charge in [0.25, 0.3) is 0 Å². The molecule has 0 saturated carbocycles. The smallest absolute Gasteiger partial charge is 0.218 e. The third-order valence-corrected chi connectivity index (χ3v) is 6.51. The average molecular weight is 380 g/mol. The summed E-state index contributed by atoms with van der Waals surface area (Å²) in [4.78, 5) is 0. The van der Waals surface area contributed by atoms with E-state index in [0.29, 0.717) is 24.7 Å². The number of aryl methyl sites for hydroxylation is 1. The van der Waals surface area contributed by atoms with Crippen molar-refractivity contribution in [3.8, 4) is 0 Å². The highest BCUT2D eigenvalue weighted by Gasteiger charge is 2.30. The molecule has 1 heterocycles. The zero-order chi connectivity index (χ0) is 17.9. The number of hydrogen-bond acceptors (Lipinski definition) is 3. The zero-order valence-corrected chi connectivity index (χ0v) is 15.8. The van der Waals surface area contributed by atoms with Crippen LogP contribution in [0.25, 0.3) is 0 Å². The van der Waals surface area contributed by atoms with Crippen molar-refractivity contribution in [3.63, 3.8) is 0 Å². The average Bonchev–Trinajstić information content (AvgIpc) is 2.64. The summed E-state index contributed by atoms with van der Waals surface area (Å²) in [7, 11) is -3.39. The molecular formula is C19H22ClNO3S.